The molecule has 0 saturated carbocycles. The van der Waals surface area contributed by atoms with Crippen LogP contribution >= 0.6 is 0 Å². The zero-order chi connectivity index (χ0) is 22.4. The number of aryl methyl sites for hydroxylation is 1. The minimum atomic E-state index is -0.776. The molecule has 31 heavy (non-hydrogen) atoms. The summed E-state index contributed by atoms with van der Waals surface area (Å²) in [6.07, 6.45) is 1.18. The predicted octanol–water partition coefficient (Wildman–Crippen LogP) is 3.77. The van der Waals surface area contributed by atoms with Gasteiger partial charge >= 0.3 is 6.09 Å². The van der Waals surface area contributed by atoms with Crippen LogP contribution in [-0.2, 0) is 17.6 Å². The SMILES string of the molecule is COc1ccc2c(c1)C(NC[C@@H](O)[C@H](Cc1ccccc1)NC(=O)OC(C)(C)C)CC2. The fourth-order valence-electron chi connectivity index (χ4n) is 3.93. The molecule has 6 heteroatoms. The Kier molecular flexibility index (Phi) is 7.57. The highest BCUT2D eigenvalue weighted by atomic mass is 16.6. The van der Waals surface area contributed by atoms with Gasteiger partial charge in [0.15, 0.2) is 0 Å². The minimum absolute atomic E-state index is 0.152. The second kappa shape index (κ2) is 10.2. The van der Waals surface area contributed by atoms with E-state index in [1.807, 2.05) is 57.2 Å². The summed E-state index contributed by atoms with van der Waals surface area (Å²) in [6.45, 7) is 5.82. The summed E-state index contributed by atoms with van der Waals surface area (Å²) in [4.78, 5) is 12.4. The molecular formula is C25H34N2O4. The van der Waals surface area contributed by atoms with E-state index in [9.17, 15) is 9.90 Å². The Bertz CT molecular complexity index is 864. The van der Waals surface area contributed by atoms with Crippen LogP contribution in [0.2, 0.25) is 0 Å². The van der Waals surface area contributed by atoms with E-state index < -0.39 is 23.8 Å². The fraction of sp³-hybridized carbons (Fsp3) is 0.480. The third-order valence-corrected chi connectivity index (χ3v) is 5.47. The van der Waals surface area contributed by atoms with Crippen LogP contribution in [0.15, 0.2) is 48.5 Å². The smallest absolute Gasteiger partial charge is 0.407 e. The Morgan fingerprint density at radius 3 is 2.61 bits per heavy atom. The number of methoxy groups -OCH3 is 1. The summed E-state index contributed by atoms with van der Waals surface area (Å²) < 4.78 is 10.8. The van der Waals surface area contributed by atoms with Gasteiger partial charge in [-0.25, -0.2) is 4.79 Å². The molecule has 0 bridgehead atoms. The maximum absolute atomic E-state index is 12.4. The van der Waals surface area contributed by atoms with Crippen LogP contribution in [0.25, 0.3) is 0 Å². The van der Waals surface area contributed by atoms with Gasteiger partial charge in [-0.1, -0.05) is 36.4 Å². The Labute approximate surface area is 185 Å². The molecule has 1 aliphatic rings. The number of hydrogen-bond acceptors (Lipinski definition) is 5. The molecule has 168 valence electrons. The topological polar surface area (TPSA) is 79.8 Å². The molecule has 1 aliphatic carbocycles. The van der Waals surface area contributed by atoms with Gasteiger partial charge in [0.05, 0.1) is 19.3 Å². The Morgan fingerprint density at radius 2 is 1.94 bits per heavy atom. The van der Waals surface area contributed by atoms with Crippen LogP contribution in [-0.4, -0.2) is 42.6 Å². The van der Waals surface area contributed by atoms with E-state index in [1.165, 1.54) is 11.1 Å². The summed E-state index contributed by atoms with van der Waals surface area (Å²) in [5.41, 5.74) is 2.96. The summed E-state index contributed by atoms with van der Waals surface area (Å²) >= 11 is 0. The molecule has 2 aromatic carbocycles. The maximum Gasteiger partial charge on any atom is 0.407 e. The van der Waals surface area contributed by atoms with Gasteiger partial charge in [-0.05, 0) is 68.9 Å². The summed E-state index contributed by atoms with van der Waals surface area (Å²) in [5, 5.41) is 17.3. The standard InChI is InChI=1S/C25H34N2O4/c1-25(2,3)31-24(29)27-22(14-17-8-6-5-7-9-17)23(28)16-26-21-13-11-18-10-12-19(30-4)15-20(18)21/h5-10,12,15,21-23,26,28H,11,13-14,16H2,1-4H3,(H,27,29)/t21?,22-,23+/m0/s1. The lowest BCUT2D eigenvalue weighted by Gasteiger charge is -2.28. The third-order valence-electron chi connectivity index (χ3n) is 5.47. The van der Waals surface area contributed by atoms with Crippen molar-refractivity contribution in [1.82, 2.24) is 10.6 Å². The van der Waals surface area contributed by atoms with Gasteiger partial charge in [-0.2, -0.15) is 0 Å². The number of hydrogen-bond donors (Lipinski definition) is 3. The van der Waals surface area contributed by atoms with Crippen molar-refractivity contribution in [3.05, 3.63) is 65.2 Å². The number of rotatable bonds is 8. The van der Waals surface area contributed by atoms with Crippen LogP contribution in [0, 0.1) is 0 Å². The van der Waals surface area contributed by atoms with Crippen molar-refractivity contribution in [2.45, 2.75) is 63.8 Å². The highest BCUT2D eigenvalue weighted by Crippen LogP contribution is 2.33. The first-order valence-electron chi connectivity index (χ1n) is 10.9. The van der Waals surface area contributed by atoms with Crippen molar-refractivity contribution in [2.75, 3.05) is 13.7 Å². The molecule has 6 nitrogen and oxygen atoms in total. The first kappa shape index (κ1) is 23.1. The number of aliphatic hydroxyl groups excluding tert-OH is 1. The van der Waals surface area contributed by atoms with Crippen molar-refractivity contribution in [3.8, 4) is 5.75 Å². The highest BCUT2D eigenvalue weighted by molar-refractivity contribution is 5.68. The van der Waals surface area contributed by atoms with Crippen LogP contribution < -0.4 is 15.4 Å². The van der Waals surface area contributed by atoms with Gasteiger partial charge < -0.3 is 25.2 Å². The van der Waals surface area contributed by atoms with E-state index in [-0.39, 0.29) is 6.04 Å². The van der Waals surface area contributed by atoms with Gasteiger partial charge in [0.25, 0.3) is 0 Å². The monoisotopic (exact) mass is 426 g/mol. The van der Waals surface area contributed by atoms with E-state index >= 15 is 0 Å². The molecule has 0 heterocycles. The lowest BCUT2D eigenvalue weighted by Crippen LogP contribution is -2.50. The van der Waals surface area contributed by atoms with Crippen molar-refractivity contribution >= 4 is 6.09 Å². The zero-order valence-corrected chi connectivity index (χ0v) is 18.9. The second-order valence-electron chi connectivity index (χ2n) is 9.07. The largest absolute Gasteiger partial charge is 0.497 e. The quantitative estimate of drug-likeness (QED) is 0.599. The van der Waals surface area contributed by atoms with Gasteiger partial charge in [-0.15, -0.1) is 0 Å². The van der Waals surface area contributed by atoms with Crippen molar-refractivity contribution < 1.29 is 19.4 Å². The maximum atomic E-state index is 12.4. The number of fused-ring (bicyclic) bond motifs is 1. The first-order valence-corrected chi connectivity index (χ1v) is 10.9. The molecule has 2 aromatic rings. The van der Waals surface area contributed by atoms with Crippen LogP contribution in [0.3, 0.4) is 0 Å². The fourth-order valence-corrected chi connectivity index (χ4v) is 3.93. The molecule has 0 saturated heterocycles. The Balaban J connectivity index is 1.65. The molecule has 0 radical (unpaired) electrons. The number of carbonyl (C=O) groups excluding carboxylic acids is 1. The van der Waals surface area contributed by atoms with Gasteiger partial charge in [-0.3, -0.25) is 0 Å². The van der Waals surface area contributed by atoms with Crippen molar-refractivity contribution in [1.29, 1.82) is 0 Å². The van der Waals surface area contributed by atoms with Gasteiger partial charge in [0.1, 0.15) is 11.4 Å². The number of benzene rings is 2. The van der Waals surface area contributed by atoms with Gasteiger partial charge in [0, 0.05) is 12.6 Å². The molecule has 3 N–H and O–H groups in total. The van der Waals surface area contributed by atoms with E-state index in [2.05, 4.69) is 22.8 Å². The molecule has 0 aromatic heterocycles. The average molecular weight is 427 g/mol. The number of alkyl carbamates (subject to hydrolysis) is 1. The minimum Gasteiger partial charge on any atom is -0.497 e. The molecule has 0 fully saturated rings. The summed E-state index contributed by atoms with van der Waals surface area (Å²) in [7, 11) is 1.67. The first-order chi connectivity index (χ1) is 14.7. The molecule has 0 aliphatic heterocycles. The lowest BCUT2D eigenvalue weighted by molar-refractivity contribution is 0.0420. The van der Waals surface area contributed by atoms with Crippen molar-refractivity contribution in [2.24, 2.45) is 0 Å². The van der Waals surface area contributed by atoms with E-state index in [0.29, 0.717) is 13.0 Å². The van der Waals surface area contributed by atoms with Crippen LogP contribution in [0.1, 0.15) is 49.9 Å². The average Bonchev–Trinajstić information content (AvgIpc) is 3.13. The number of ether oxygens (including phenoxy) is 2. The van der Waals surface area contributed by atoms with E-state index in [0.717, 1.165) is 24.2 Å². The second-order valence-corrected chi connectivity index (χ2v) is 9.07. The summed E-state index contributed by atoms with van der Waals surface area (Å²) in [5.74, 6) is 0.835. The molecular weight excluding hydrogens is 392 g/mol. The number of aliphatic hydroxyl groups is 1. The van der Waals surface area contributed by atoms with Crippen LogP contribution in [0.4, 0.5) is 4.79 Å². The molecule has 3 rings (SSSR count). The number of amides is 1. The van der Waals surface area contributed by atoms with Crippen molar-refractivity contribution in [3.63, 3.8) is 0 Å². The molecule has 0 spiro atoms. The highest BCUT2D eigenvalue weighted by Gasteiger charge is 2.28. The number of nitrogens with one attached hydrogen (secondary N) is 2. The van der Waals surface area contributed by atoms with Crippen LogP contribution in [0.5, 0.6) is 5.75 Å². The van der Waals surface area contributed by atoms with Gasteiger partial charge in [0.2, 0.25) is 0 Å². The summed E-state index contributed by atoms with van der Waals surface area (Å²) in [6, 6.07) is 15.7. The zero-order valence-electron chi connectivity index (χ0n) is 18.9. The van der Waals surface area contributed by atoms with E-state index in [4.69, 9.17) is 9.47 Å². The lowest BCUT2D eigenvalue weighted by atomic mass is 10.0. The molecule has 3 atom stereocenters. The normalized spacial score (nSPS) is 17.5. The number of carbonyl (C=O) groups is 1. The predicted molar refractivity (Wildman–Crippen MR) is 121 cm³/mol. The Morgan fingerprint density at radius 1 is 1.19 bits per heavy atom. The van der Waals surface area contributed by atoms with E-state index in [1.54, 1.807) is 7.11 Å². The third kappa shape index (κ3) is 6.71. The molecule has 1 unspecified atom stereocenters. The molecule has 1 amide bonds. The Hall–Kier alpha value is -2.57.